The molecule has 0 atom stereocenters. The van der Waals surface area contributed by atoms with Crippen LogP contribution in [0.4, 0.5) is 5.69 Å². The van der Waals surface area contributed by atoms with Crippen LogP contribution in [-0.2, 0) is 12.8 Å². The van der Waals surface area contributed by atoms with E-state index in [2.05, 4.69) is 15.6 Å². The third-order valence-corrected chi connectivity index (χ3v) is 4.29. The molecule has 1 aliphatic heterocycles. The zero-order valence-corrected chi connectivity index (χ0v) is 12.0. The summed E-state index contributed by atoms with van der Waals surface area (Å²) in [6, 6.07) is 5.89. The minimum absolute atomic E-state index is 0.0158. The van der Waals surface area contributed by atoms with E-state index < -0.39 is 0 Å². The summed E-state index contributed by atoms with van der Waals surface area (Å²) in [6.45, 7) is 1.62. The number of carbonyl (C=O) groups is 1. The molecule has 1 amide bonds. The van der Waals surface area contributed by atoms with Crippen molar-refractivity contribution in [2.45, 2.75) is 19.3 Å². The third kappa shape index (κ3) is 2.82. The molecule has 1 aromatic heterocycles. The lowest BCUT2D eigenvalue weighted by Gasteiger charge is -2.20. The lowest BCUT2D eigenvalue weighted by molar-refractivity contribution is 0.0953. The van der Waals surface area contributed by atoms with E-state index in [1.54, 1.807) is 17.5 Å². The van der Waals surface area contributed by atoms with E-state index in [-0.39, 0.29) is 5.91 Å². The van der Waals surface area contributed by atoms with Crippen molar-refractivity contribution in [1.82, 2.24) is 10.3 Å². The van der Waals surface area contributed by atoms with Gasteiger partial charge < -0.3 is 10.6 Å². The number of benzene rings is 1. The van der Waals surface area contributed by atoms with Crippen molar-refractivity contribution in [1.29, 1.82) is 0 Å². The monoisotopic (exact) mass is 287 g/mol. The minimum atomic E-state index is 0.0158. The summed E-state index contributed by atoms with van der Waals surface area (Å²) in [5.41, 5.74) is 3.04. The maximum absolute atomic E-state index is 12.3. The van der Waals surface area contributed by atoms with Gasteiger partial charge in [-0.3, -0.25) is 4.79 Å². The molecule has 0 fully saturated rings. The highest BCUT2D eigenvalue weighted by molar-refractivity contribution is 7.09. The number of carbonyl (C=O) groups excluding carboxylic acids is 1. The largest absolute Gasteiger partial charge is 0.385 e. The molecule has 0 bridgehead atoms. The molecule has 2 heterocycles. The Hall–Kier alpha value is -1.88. The van der Waals surface area contributed by atoms with Crippen LogP contribution in [-0.4, -0.2) is 24.0 Å². The van der Waals surface area contributed by atoms with Crippen LogP contribution in [0.25, 0.3) is 0 Å². The van der Waals surface area contributed by atoms with Gasteiger partial charge in [-0.1, -0.05) is 6.07 Å². The van der Waals surface area contributed by atoms with Crippen LogP contribution in [0.5, 0.6) is 0 Å². The van der Waals surface area contributed by atoms with Crippen LogP contribution in [0.3, 0.4) is 0 Å². The second kappa shape index (κ2) is 6.05. The summed E-state index contributed by atoms with van der Waals surface area (Å²) >= 11 is 1.62. The van der Waals surface area contributed by atoms with Crippen LogP contribution in [0, 0.1) is 0 Å². The number of amides is 1. The van der Waals surface area contributed by atoms with E-state index in [1.807, 2.05) is 23.6 Å². The standard InChI is InChI=1S/C15H17N3OS/c19-15(18-8-6-14-17-9-10-20-14)12-3-1-5-13-11(12)4-2-7-16-13/h1,3,5,9-10,16H,2,4,6-8H2,(H,18,19). The Bertz CT molecular complexity index is 595. The van der Waals surface area contributed by atoms with Crippen molar-refractivity contribution < 1.29 is 4.79 Å². The average Bonchev–Trinajstić information content (AvgIpc) is 3.00. The van der Waals surface area contributed by atoms with Crippen LogP contribution in [0.2, 0.25) is 0 Å². The van der Waals surface area contributed by atoms with Gasteiger partial charge in [0.05, 0.1) is 5.01 Å². The first kappa shape index (κ1) is 13.1. The summed E-state index contributed by atoms with van der Waals surface area (Å²) < 4.78 is 0. The Kier molecular flexibility index (Phi) is 3.97. The lowest BCUT2D eigenvalue weighted by atomic mass is 9.97. The van der Waals surface area contributed by atoms with Gasteiger partial charge in [-0.05, 0) is 30.5 Å². The number of aromatic nitrogens is 1. The van der Waals surface area contributed by atoms with Gasteiger partial charge in [0.2, 0.25) is 0 Å². The molecule has 3 rings (SSSR count). The normalized spacial score (nSPS) is 13.4. The highest BCUT2D eigenvalue weighted by Crippen LogP contribution is 2.25. The smallest absolute Gasteiger partial charge is 0.251 e. The van der Waals surface area contributed by atoms with Gasteiger partial charge in [-0.25, -0.2) is 4.98 Å². The molecule has 0 saturated heterocycles. The van der Waals surface area contributed by atoms with E-state index in [4.69, 9.17) is 0 Å². The quantitative estimate of drug-likeness (QED) is 0.908. The van der Waals surface area contributed by atoms with E-state index in [0.29, 0.717) is 6.54 Å². The van der Waals surface area contributed by atoms with E-state index >= 15 is 0 Å². The Morgan fingerprint density at radius 1 is 1.45 bits per heavy atom. The molecular weight excluding hydrogens is 270 g/mol. The van der Waals surface area contributed by atoms with Crippen molar-refractivity contribution in [2.24, 2.45) is 0 Å². The van der Waals surface area contributed by atoms with Gasteiger partial charge in [-0.2, -0.15) is 0 Å². The SMILES string of the molecule is O=C(NCCc1nccs1)c1cccc2c1CCCN2. The lowest BCUT2D eigenvalue weighted by Crippen LogP contribution is -2.27. The number of hydrogen-bond acceptors (Lipinski definition) is 4. The number of nitrogens with one attached hydrogen (secondary N) is 2. The molecule has 20 heavy (non-hydrogen) atoms. The molecule has 0 saturated carbocycles. The molecule has 104 valence electrons. The highest BCUT2D eigenvalue weighted by atomic mass is 32.1. The number of hydrogen-bond donors (Lipinski definition) is 2. The van der Waals surface area contributed by atoms with Crippen molar-refractivity contribution in [3.63, 3.8) is 0 Å². The fourth-order valence-corrected chi connectivity index (χ4v) is 3.10. The number of rotatable bonds is 4. The summed E-state index contributed by atoms with van der Waals surface area (Å²) in [6.07, 6.45) is 4.63. The molecule has 0 unspecified atom stereocenters. The van der Waals surface area contributed by atoms with Crippen molar-refractivity contribution in [2.75, 3.05) is 18.4 Å². The molecule has 0 aliphatic carbocycles. The van der Waals surface area contributed by atoms with E-state index in [1.165, 1.54) is 0 Å². The minimum Gasteiger partial charge on any atom is -0.385 e. The summed E-state index contributed by atoms with van der Waals surface area (Å²) in [5, 5.41) is 9.35. The third-order valence-electron chi connectivity index (χ3n) is 3.45. The predicted octanol–water partition coefficient (Wildman–Crippen LogP) is 2.47. The first-order valence-corrected chi connectivity index (χ1v) is 7.75. The van der Waals surface area contributed by atoms with Crippen LogP contribution >= 0.6 is 11.3 Å². The molecular formula is C15H17N3OS. The van der Waals surface area contributed by atoms with Crippen LogP contribution < -0.4 is 10.6 Å². The Labute approximate surface area is 122 Å². The maximum atomic E-state index is 12.3. The summed E-state index contributed by atoms with van der Waals surface area (Å²) in [4.78, 5) is 16.5. The fourth-order valence-electron chi connectivity index (χ4n) is 2.48. The fraction of sp³-hybridized carbons (Fsp3) is 0.333. The number of fused-ring (bicyclic) bond motifs is 1. The molecule has 5 heteroatoms. The zero-order valence-electron chi connectivity index (χ0n) is 11.2. The predicted molar refractivity (Wildman–Crippen MR) is 81.4 cm³/mol. The summed E-state index contributed by atoms with van der Waals surface area (Å²) in [7, 11) is 0. The van der Waals surface area contributed by atoms with Crippen molar-refractivity contribution >= 4 is 22.9 Å². The molecule has 4 nitrogen and oxygen atoms in total. The van der Waals surface area contributed by atoms with Gasteiger partial charge in [0.1, 0.15) is 0 Å². The first-order valence-electron chi connectivity index (χ1n) is 6.87. The Balaban J connectivity index is 1.65. The highest BCUT2D eigenvalue weighted by Gasteiger charge is 2.16. The van der Waals surface area contributed by atoms with Gasteiger partial charge in [0.25, 0.3) is 5.91 Å². The van der Waals surface area contributed by atoms with Gasteiger partial charge in [-0.15, -0.1) is 11.3 Å². The number of thiazole rings is 1. The first-order chi connectivity index (χ1) is 9.84. The van der Waals surface area contributed by atoms with Crippen molar-refractivity contribution in [3.8, 4) is 0 Å². The Morgan fingerprint density at radius 3 is 3.25 bits per heavy atom. The molecule has 0 spiro atoms. The zero-order chi connectivity index (χ0) is 13.8. The molecule has 1 aliphatic rings. The Morgan fingerprint density at radius 2 is 2.40 bits per heavy atom. The summed E-state index contributed by atoms with van der Waals surface area (Å²) in [5.74, 6) is 0.0158. The van der Waals surface area contributed by atoms with Crippen LogP contribution in [0.15, 0.2) is 29.8 Å². The number of anilines is 1. The van der Waals surface area contributed by atoms with E-state index in [9.17, 15) is 4.79 Å². The number of nitrogens with zero attached hydrogens (tertiary/aromatic N) is 1. The topological polar surface area (TPSA) is 54.0 Å². The van der Waals surface area contributed by atoms with E-state index in [0.717, 1.165) is 47.6 Å². The van der Waals surface area contributed by atoms with Gasteiger partial charge in [0, 0.05) is 42.3 Å². The maximum Gasteiger partial charge on any atom is 0.251 e. The molecule has 1 aromatic carbocycles. The molecule has 2 aromatic rings. The molecule has 2 N–H and O–H groups in total. The van der Waals surface area contributed by atoms with Gasteiger partial charge >= 0.3 is 0 Å². The van der Waals surface area contributed by atoms with Crippen LogP contribution in [0.1, 0.15) is 27.3 Å². The second-order valence-corrected chi connectivity index (χ2v) is 5.77. The average molecular weight is 287 g/mol. The van der Waals surface area contributed by atoms with Crippen molar-refractivity contribution in [3.05, 3.63) is 45.9 Å². The van der Waals surface area contributed by atoms with Gasteiger partial charge in [0.15, 0.2) is 0 Å². The second-order valence-electron chi connectivity index (χ2n) is 4.79. The molecule has 0 radical (unpaired) electrons.